The zero-order valence-corrected chi connectivity index (χ0v) is 35.1. The van der Waals surface area contributed by atoms with E-state index in [9.17, 15) is 5.11 Å². The van der Waals surface area contributed by atoms with Crippen molar-refractivity contribution in [2.45, 2.75) is 85.0 Å². The minimum absolute atomic E-state index is 0. The summed E-state index contributed by atoms with van der Waals surface area (Å²) in [6, 6.07) is 44.1. The zero-order chi connectivity index (χ0) is 37.7. The molecule has 1 N–H and O–H groups in total. The van der Waals surface area contributed by atoms with Gasteiger partial charge < -0.3 is 5.11 Å². The molecule has 0 unspecified atom stereocenters. The maximum Gasteiger partial charge on any atom is 0.148 e. The molecule has 0 atom stereocenters. The average molecular weight is 892 g/mol. The molecule has 7 rings (SSSR count). The van der Waals surface area contributed by atoms with Crippen molar-refractivity contribution in [3.05, 3.63) is 155 Å². The molecule has 0 radical (unpaired) electrons. The van der Waals surface area contributed by atoms with Crippen LogP contribution in [0.2, 0.25) is 0 Å². The van der Waals surface area contributed by atoms with Gasteiger partial charge in [-0.3, -0.25) is 9.55 Å². The number of phenols is 1. The third-order valence-electron chi connectivity index (χ3n) is 10.1. The van der Waals surface area contributed by atoms with Gasteiger partial charge in [0.1, 0.15) is 11.6 Å². The smallest absolute Gasteiger partial charge is 0.148 e. The average Bonchev–Trinajstić information content (AvgIpc) is 3.51. The van der Waals surface area contributed by atoms with Gasteiger partial charge in [0.2, 0.25) is 0 Å². The Bertz CT molecular complexity index is 2430. The van der Waals surface area contributed by atoms with Gasteiger partial charge in [-0.2, -0.15) is 0 Å². The van der Waals surface area contributed by atoms with Crippen LogP contribution in [0.3, 0.4) is 0 Å². The Labute approximate surface area is 335 Å². The molecule has 0 amide bonds. The van der Waals surface area contributed by atoms with Crippen LogP contribution >= 0.6 is 0 Å². The van der Waals surface area contributed by atoms with Crippen LogP contribution in [0, 0.1) is 6.07 Å². The van der Waals surface area contributed by atoms with Gasteiger partial charge in [0.15, 0.2) is 0 Å². The van der Waals surface area contributed by atoms with Gasteiger partial charge in [0.05, 0.1) is 16.6 Å². The van der Waals surface area contributed by atoms with Crippen molar-refractivity contribution in [2.24, 2.45) is 0 Å². The largest absolute Gasteiger partial charge is 0.507 e. The first-order chi connectivity index (χ1) is 25.1. The number of benzene rings is 5. The first-order valence-electron chi connectivity index (χ1n) is 18.6. The van der Waals surface area contributed by atoms with Crippen LogP contribution in [-0.2, 0) is 43.7 Å². The van der Waals surface area contributed by atoms with E-state index in [-0.39, 0.29) is 43.1 Å². The Balaban J connectivity index is 0.00000497. The van der Waals surface area contributed by atoms with Gasteiger partial charge in [-0.1, -0.05) is 146 Å². The Kier molecular flexibility index (Phi) is 10.7. The van der Waals surface area contributed by atoms with Gasteiger partial charge in [-0.25, -0.2) is 4.98 Å². The molecule has 0 aliphatic heterocycles. The predicted molar refractivity (Wildman–Crippen MR) is 221 cm³/mol. The number of hydrogen-bond donors (Lipinski definition) is 1. The van der Waals surface area contributed by atoms with Crippen molar-refractivity contribution in [2.75, 3.05) is 0 Å². The molecule has 7 aromatic rings. The molecular weight excluding hydrogens is 842 g/mol. The number of aromatic hydroxyl groups is 1. The van der Waals surface area contributed by atoms with Gasteiger partial charge in [0.25, 0.3) is 0 Å². The van der Waals surface area contributed by atoms with Crippen molar-refractivity contribution in [1.82, 2.24) is 14.5 Å². The van der Waals surface area contributed by atoms with Gasteiger partial charge in [0, 0.05) is 44.2 Å². The number of pyridine rings is 1. The molecule has 278 valence electrons. The van der Waals surface area contributed by atoms with Crippen LogP contribution in [0.4, 0.5) is 0 Å². The van der Waals surface area contributed by atoms with Crippen molar-refractivity contribution in [3.63, 3.8) is 0 Å². The number of rotatable bonds is 6. The molecule has 4 nitrogen and oxygen atoms in total. The van der Waals surface area contributed by atoms with E-state index in [0.717, 1.165) is 62.2 Å². The number of para-hydroxylation sites is 2. The molecular formula is C49H50N3OPt-. The number of phenolic OH excluding ortho intramolecular Hbond substituents is 1. The van der Waals surface area contributed by atoms with E-state index in [2.05, 4.69) is 170 Å². The Morgan fingerprint density at radius 1 is 0.611 bits per heavy atom. The Morgan fingerprint density at radius 2 is 1.24 bits per heavy atom. The van der Waals surface area contributed by atoms with Gasteiger partial charge >= 0.3 is 0 Å². The van der Waals surface area contributed by atoms with Crippen LogP contribution in [0.15, 0.2) is 121 Å². The fourth-order valence-electron chi connectivity index (χ4n) is 6.99. The quantitative estimate of drug-likeness (QED) is 0.169. The van der Waals surface area contributed by atoms with Crippen molar-refractivity contribution >= 4 is 11.0 Å². The van der Waals surface area contributed by atoms with Crippen LogP contribution in [0.1, 0.15) is 90.1 Å². The van der Waals surface area contributed by atoms with E-state index >= 15 is 0 Å². The fourth-order valence-corrected chi connectivity index (χ4v) is 6.99. The molecule has 0 fully saturated rings. The number of hydrogen-bond acceptors (Lipinski definition) is 3. The molecule has 0 saturated carbocycles. The second kappa shape index (κ2) is 14.8. The summed E-state index contributed by atoms with van der Waals surface area (Å²) in [6.45, 7) is 19.8. The van der Waals surface area contributed by atoms with E-state index in [1.54, 1.807) is 0 Å². The third-order valence-corrected chi connectivity index (χ3v) is 10.1. The van der Waals surface area contributed by atoms with E-state index in [1.165, 1.54) is 16.7 Å². The molecule has 54 heavy (non-hydrogen) atoms. The molecule has 0 saturated heterocycles. The van der Waals surface area contributed by atoms with E-state index in [4.69, 9.17) is 9.97 Å². The summed E-state index contributed by atoms with van der Waals surface area (Å²) < 4.78 is 2.19. The molecule has 0 aliphatic rings. The minimum Gasteiger partial charge on any atom is -0.507 e. The molecule has 0 bridgehead atoms. The summed E-state index contributed by atoms with van der Waals surface area (Å²) in [7, 11) is 0. The zero-order valence-electron chi connectivity index (χ0n) is 32.9. The maximum atomic E-state index is 12.1. The van der Waals surface area contributed by atoms with Crippen molar-refractivity contribution < 1.29 is 26.2 Å². The molecule has 0 aliphatic carbocycles. The number of imidazole rings is 1. The molecule has 5 aromatic carbocycles. The Morgan fingerprint density at radius 3 is 1.89 bits per heavy atom. The normalized spacial score (nSPS) is 12.2. The summed E-state index contributed by atoms with van der Waals surface area (Å²) >= 11 is 0. The fraction of sp³-hybridized carbons (Fsp3) is 0.265. The molecule has 0 spiro atoms. The molecule has 2 aromatic heterocycles. The van der Waals surface area contributed by atoms with Crippen LogP contribution in [0.25, 0.3) is 50.5 Å². The monoisotopic (exact) mass is 891 g/mol. The number of nitrogens with zero attached hydrogens (tertiary/aromatic N) is 3. The van der Waals surface area contributed by atoms with Gasteiger partial charge in [-0.05, 0) is 69.7 Å². The van der Waals surface area contributed by atoms with Crippen molar-refractivity contribution in [1.29, 1.82) is 0 Å². The molecule has 2 heterocycles. The standard InChI is InChI=1S/C49H50N3O.Pt/c1-47(2,3)36-28-34(27-35(29-36)42-26-33(23-24-50-42)25-32-17-12-10-13-18-32)39-21-16-22-43-44(39)51-46(52(43)38-19-14-11-15-20-38)40-30-37(48(4,5)6)31-41(45(40)53)49(7,8)9;/h10-24,26,28-31,53H,25H2,1-9H3;/q-1;. The first-order valence-corrected chi connectivity index (χ1v) is 18.6. The Hall–Kier alpha value is -4.79. The van der Waals surface area contributed by atoms with Crippen LogP contribution in [0.5, 0.6) is 5.75 Å². The maximum absolute atomic E-state index is 12.1. The summed E-state index contributed by atoms with van der Waals surface area (Å²) in [5.74, 6) is 0.972. The third kappa shape index (κ3) is 7.87. The van der Waals surface area contributed by atoms with Gasteiger partial charge in [-0.15, -0.1) is 29.3 Å². The van der Waals surface area contributed by atoms with E-state index in [0.29, 0.717) is 5.82 Å². The van der Waals surface area contributed by atoms with Crippen molar-refractivity contribution in [3.8, 4) is 45.2 Å². The first kappa shape index (κ1) is 38.9. The van der Waals surface area contributed by atoms with E-state index in [1.807, 2.05) is 24.4 Å². The summed E-state index contributed by atoms with van der Waals surface area (Å²) in [5, 5.41) is 12.1. The second-order valence-electron chi connectivity index (χ2n) is 17.4. The topological polar surface area (TPSA) is 50.9 Å². The summed E-state index contributed by atoms with van der Waals surface area (Å²) in [6.07, 6.45) is 2.74. The number of fused-ring (bicyclic) bond motifs is 1. The van der Waals surface area contributed by atoms with Crippen LogP contribution in [-0.4, -0.2) is 19.6 Å². The van der Waals surface area contributed by atoms with E-state index < -0.39 is 0 Å². The minimum atomic E-state index is -0.278. The number of aromatic nitrogens is 3. The summed E-state index contributed by atoms with van der Waals surface area (Å²) in [4.78, 5) is 10.3. The second-order valence-corrected chi connectivity index (χ2v) is 17.4. The SMILES string of the molecule is CC(C)(C)c1cc(-c2cc(Cc3ccccc3)ccn2)[c-]c(-c2cccc3c2nc(-c2cc(C(C)(C)C)cc(C(C)(C)C)c2O)n3-c2ccccc2)c1.[Pt]. The summed E-state index contributed by atoms with van der Waals surface area (Å²) in [5.41, 5.74) is 12.5. The predicted octanol–water partition coefficient (Wildman–Crippen LogP) is 12.4. The van der Waals surface area contributed by atoms with Crippen LogP contribution < -0.4 is 0 Å². The molecule has 5 heteroatoms.